The Morgan fingerprint density at radius 2 is 1.78 bits per heavy atom. The van der Waals surface area contributed by atoms with Gasteiger partial charge in [-0.15, -0.1) is 4.68 Å². The zero-order chi connectivity index (χ0) is 19.3. The Morgan fingerprint density at radius 1 is 1.04 bits per heavy atom. The lowest BCUT2D eigenvalue weighted by atomic mass is 10.2. The first-order valence-corrected chi connectivity index (χ1v) is 7.63. The predicted octanol–water partition coefficient (Wildman–Crippen LogP) is 2.76. The Labute approximate surface area is 148 Å². The Morgan fingerprint density at radius 3 is 2.48 bits per heavy atom. The van der Waals surface area contributed by atoms with E-state index in [1.54, 1.807) is 12.1 Å². The molecule has 0 atom stereocenters. The molecule has 0 aliphatic carbocycles. The van der Waals surface area contributed by atoms with Crippen LogP contribution in [0.5, 0.6) is 5.88 Å². The van der Waals surface area contributed by atoms with E-state index in [1.807, 2.05) is 0 Å². The van der Waals surface area contributed by atoms with Crippen LogP contribution >= 0.6 is 0 Å². The second-order valence-corrected chi connectivity index (χ2v) is 5.76. The summed E-state index contributed by atoms with van der Waals surface area (Å²) in [7, 11) is 0. The van der Waals surface area contributed by atoms with Crippen LogP contribution in [0.15, 0.2) is 54.6 Å². The number of hydrogen-bond acceptors (Lipinski definition) is 4. The van der Waals surface area contributed by atoms with Gasteiger partial charge in [0.05, 0.1) is 16.6 Å². The fourth-order valence-electron chi connectivity index (χ4n) is 2.89. The van der Waals surface area contributed by atoms with Crippen LogP contribution in [0.4, 0.5) is 18.9 Å². The molecule has 0 unspecified atom stereocenters. The van der Waals surface area contributed by atoms with Gasteiger partial charge in [0.2, 0.25) is 0 Å². The Hall–Kier alpha value is -3.69. The summed E-state index contributed by atoms with van der Waals surface area (Å²) < 4.78 is 40.8. The molecule has 0 N–H and O–H groups in total. The number of para-hydroxylation sites is 1. The molecule has 10 heteroatoms. The molecular weight excluding hydrogens is 365 g/mol. The largest absolute Gasteiger partial charge is 0.837 e. The van der Waals surface area contributed by atoms with Gasteiger partial charge in [-0.05, 0) is 30.3 Å². The lowest BCUT2D eigenvalue weighted by Crippen LogP contribution is -2.26. The van der Waals surface area contributed by atoms with Crippen LogP contribution in [0.25, 0.3) is 22.1 Å². The molecule has 2 aromatic carbocycles. The Bertz CT molecular complexity index is 1220. The van der Waals surface area contributed by atoms with E-state index >= 15 is 0 Å². The summed E-state index contributed by atoms with van der Waals surface area (Å²) in [6, 6.07) is 11.5. The maximum absolute atomic E-state index is 13.0. The molecule has 0 aliphatic heterocycles. The molecule has 0 radical (unpaired) electrons. The number of rotatable bonds is 2. The summed E-state index contributed by atoms with van der Waals surface area (Å²) in [6.45, 7) is 0. The number of benzene rings is 2. The van der Waals surface area contributed by atoms with Crippen molar-refractivity contribution in [2.24, 2.45) is 0 Å². The van der Waals surface area contributed by atoms with Gasteiger partial charge in [-0.25, -0.2) is 0 Å². The molecule has 0 bridgehead atoms. The van der Waals surface area contributed by atoms with Crippen LogP contribution in [0.1, 0.15) is 5.56 Å². The molecule has 7 nitrogen and oxygen atoms in total. The van der Waals surface area contributed by atoms with Gasteiger partial charge >= 0.3 is 6.18 Å². The highest BCUT2D eigenvalue weighted by Gasteiger charge is 2.32. The molecule has 2 heterocycles. The molecule has 0 saturated heterocycles. The quantitative estimate of drug-likeness (QED) is 0.307. The van der Waals surface area contributed by atoms with Gasteiger partial charge in [0.15, 0.2) is 16.7 Å². The first-order valence-electron chi connectivity index (χ1n) is 7.63. The smallest absolute Gasteiger partial charge is 0.416 e. The number of fused-ring (bicyclic) bond motifs is 3. The van der Waals surface area contributed by atoms with Gasteiger partial charge < -0.3 is 5.11 Å². The zero-order valence-corrected chi connectivity index (χ0v) is 13.3. The summed E-state index contributed by atoms with van der Waals surface area (Å²) in [5.74, 6) is -0.761. The first-order chi connectivity index (χ1) is 12.8. The summed E-state index contributed by atoms with van der Waals surface area (Å²) >= 11 is 0. The number of aromatic nitrogens is 3. The summed E-state index contributed by atoms with van der Waals surface area (Å²) in [4.78, 5) is 10.7. The highest BCUT2D eigenvalue weighted by molar-refractivity contribution is 5.87. The second kappa shape index (κ2) is 5.66. The molecule has 0 saturated carbocycles. The third kappa shape index (κ3) is 2.62. The van der Waals surface area contributed by atoms with E-state index in [4.69, 9.17) is 0 Å². The maximum atomic E-state index is 13.0. The van der Waals surface area contributed by atoms with Gasteiger partial charge in [0.25, 0.3) is 5.69 Å². The minimum absolute atomic E-state index is 0.0924. The molecule has 136 valence electrons. The lowest BCUT2D eigenvalue weighted by molar-refractivity contribution is -0.556. The summed E-state index contributed by atoms with van der Waals surface area (Å²) in [5.41, 5.74) is -1.13. The topological polar surface area (TPSA) is 88.1 Å². The van der Waals surface area contributed by atoms with Crippen LogP contribution in [0.3, 0.4) is 0 Å². The van der Waals surface area contributed by atoms with Gasteiger partial charge in [0.1, 0.15) is 16.5 Å². The number of alkyl halides is 3. The van der Waals surface area contributed by atoms with E-state index < -0.39 is 22.5 Å². The van der Waals surface area contributed by atoms with E-state index in [1.165, 1.54) is 22.7 Å². The summed E-state index contributed by atoms with van der Waals surface area (Å²) in [5, 5.41) is 28.4. The molecule has 0 aliphatic rings. The highest BCUT2D eigenvalue weighted by atomic mass is 19.4. The number of halogens is 3. The van der Waals surface area contributed by atoms with E-state index in [2.05, 4.69) is 5.21 Å². The van der Waals surface area contributed by atoms with E-state index in [-0.39, 0.29) is 22.3 Å². The molecule has 0 fully saturated rings. The molecular formula is C17H9F3N4O3. The second-order valence-electron chi connectivity index (χ2n) is 5.76. The van der Waals surface area contributed by atoms with E-state index in [0.717, 1.165) is 28.9 Å². The zero-order valence-electron chi connectivity index (χ0n) is 13.3. The number of nitrogens with zero attached hydrogens (tertiary/aromatic N) is 4. The molecule has 2 aromatic heterocycles. The number of pyridine rings is 1. The standard InChI is InChI=1S/C17H9F3N4O3/c18-17(19,20)10-4-3-5-11(8-10)22-16(25)15-9-14(24(26)27)12-6-1-2-7-13(12)23(15)21-22/h1-9H. The predicted molar refractivity (Wildman–Crippen MR) is 85.3 cm³/mol. The maximum Gasteiger partial charge on any atom is 0.416 e. The van der Waals surface area contributed by atoms with Crippen molar-refractivity contribution < 1.29 is 27.7 Å². The van der Waals surface area contributed by atoms with Crippen molar-refractivity contribution in [1.29, 1.82) is 0 Å². The first kappa shape index (κ1) is 16.8. The van der Waals surface area contributed by atoms with Crippen molar-refractivity contribution in [1.82, 2.24) is 9.90 Å². The van der Waals surface area contributed by atoms with Crippen molar-refractivity contribution in [3.05, 3.63) is 70.3 Å². The fourth-order valence-corrected chi connectivity index (χ4v) is 2.89. The Balaban J connectivity index is 2.04. The van der Waals surface area contributed by atoms with Crippen LogP contribution in [0.2, 0.25) is 0 Å². The average molecular weight is 374 g/mol. The van der Waals surface area contributed by atoms with Crippen molar-refractivity contribution in [2.45, 2.75) is 6.18 Å². The van der Waals surface area contributed by atoms with Gasteiger partial charge in [-0.3, -0.25) is 10.1 Å². The monoisotopic (exact) mass is 374 g/mol. The Kier molecular flexibility index (Phi) is 3.51. The summed E-state index contributed by atoms with van der Waals surface area (Å²) in [6.07, 6.45) is -4.58. The third-order valence-corrected chi connectivity index (χ3v) is 4.11. The molecule has 0 amide bonds. The van der Waals surface area contributed by atoms with Crippen molar-refractivity contribution in [2.75, 3.05) is 0 Å². The number of hydrogen-bond donors (Lipinski definition) is 0. The van der Waals surface area contributed by atoms with Crippen molar-refractivity contribution in [3.63, 3.8) is 0 Å². The van der Waals surface area contributed by atoms with Crippen LogP contribution in [-0.4, -0.2) is 14.8 Å². The van der Waals surface area contributed by atoms with Crippen LogP contribution in [-0.2, 0) is 6.18 Å². The average Bonchev–Trinajstić information content (AvgIpc) is 2.97. The lowest BCUT2D eigenvalue weighted by Gasteiger charge is -2.07. The number of nitro groups is 1. The molecule has 27 heavy (non-hydrogen) atoms. The molecule has 4 aromatic rings. The molecule has 0 spiro atoms. The van der Waals surface area contributed by atoms with Gasteiger partial charge in [-0.1, -0.05) is 22.7 Å². The van der Waals surface area contributed by atoms with Crippen LogP contribution < -0.4 is 9.62 Å². The van der Waals surface area contributed by atoms with Crippen LogP contribution in [0, 0.1) is 10.1 Å². The third-order valence-electron chi connectivity index (χ3n) is 4.11. The van der Waals surface area contributed by atoms with Crippen molar-refractivity contribution >= 4 is 22.1 Å². The van der Waals surface area contributed by atoms with E-state index in [9.17, 15) is 28.4 Å². The molecule has 4 rings (SSSR count). The van der Waals surface area contributed by atoms with Gasteiger partial charge in [-0.2, -0.15) is 13.2 Å². The minimum Gasteiger partial charge on any atom is -0.837 e. The highest BCUT2D eigenvalue weighted by Crippen LogP contribution is 2.32. The SMILES string of the molecule is O=[N+]([O-])c1cc2c([O-])n(-c3cccc(C(F)(F)F)c3)n[n+]2c2ccccc12. The normalized spacial score (nSPS) is 12.0. The van der Waals surface area contributed by atoms with E-state index in [0.29, 0.717) is 5.52 Å². The minimum atomic E-state index is -4.58. The van der Waals surface area contributed by atoms with Crippen molar-refractivity contribution in [3.8, 4) is 11.6 Å². The fraction of sp³-hybridized carbons (Fsp3) is 0.0588. The van der Waals surface area contributed by atoms with Gasteiger partial charge in [0, 0.05) is 0 Å².